The normalized spacial score (nSPS) is 12.3. The van der Waals surface area contributed by atoms with Crippen LogP contribution < -0.4 is 0 Å². The maximum absolute atomic E-state index is 11.4. The number of hydrogen-bond donors (Lipinski definition) is 1. The first kappa shape index (κ1) is 19.7. The molecule has 0 fully saturated rings. The quantitative estimate of drug-likeness (QED) is 0.406. The highest BCUT2D eigenvalue weighted by atomic mass is 16.4. The fourth-order valence-electron chi connectivity index (χ4n) is 3.38. The zero-order valence-corrected chi connectivity index (χ0v) is 15.0. The molecule has 1 N–H and O–H groups in total. The van der Waals surface area contributed by atoms with Crippen LogP contribution in [0.25, 0.3) is 0 Å². The lowest BCUT2D eigenvalue weighted by Crippen LogP contribution is -2.07. The lowest BCUT2D eigenvalue weighted by Gasteiger charge is -2.18. The number of unbranched alkanes of at least 4 members (excludes halogenated alkanes) is 7. The Labute approximate surface area is 142 Å². The minimum absolute atomic E-state index is 0.396. The van der Waals surface area contributed by atoms with Crippen LogP contribution in [0.4, 0.5) is 0 Å². The Kier molecular flexibility index (Phi) is 10.4. The van der Waals surface area contributed by atoms with Crippen molar-refractivity contribution in [2.45, 2.75) is 90.4 Å². The van der Waals surface area contributed by atoms with E-state index in [4.69, 9.17) is 0 Å². The number of rotatable bonds is 13. The zero-order chi connectivity index (χ0) is 16.9. The molecule has 1 rings (SSSR count). The van der Waals surface area contributed by atoms with Gasteiger partial charge in [-0.3, -0.25) is 0 Å². The topological polar surface area (TPSA) is 37.3 Å². The number of carboxylic acids is 1. The van der Waals surface area contributed by atoms with E-state index >= 15 is 0 Å². The largest absolute Gasteiger partial charge is 0.478 e. The van der Waals surface area contributed by atoms with Crippen LogP contribution >= 0.6 is 0 Å². The molecule has 0 heterocycles. The van der Waals surface area contributed by atoms with Crippen LogP contribution in [-0.4, -0.2) is 11.1 Å². The second kappa shape index (κ2) is 12.2. The number of benzene rings is 1. The molecule has 1 aromatic rings. The molecule has 130 valence electrons. The van der Waals surface area contributed by atoms with Crippen LogP contribution in [0.15, 0.2) is 24.3 Å². The first-order chi connectivity index (χ1) is 11.2. The summed E-state index contributed by atoms with van der Waals surface area (Å²) < 4.78 is 0. The highest BCUT2D eigenvalue weighted by Gasteiger charge is 2.17. The molecular weight excluding hydrogens is 284 g/mol. The van der Waals surface area contributed by atoms with Gasteiger partial charge in [0.15, 0.2) is 0 Å². The van der Waals surface area contributed by atoms with E-state index in [1.165, 1.54) is 51.4 Å². The molecule has 23 heavy (non-hydrogen) atoms. The molecule has 2 nitrogen and oxygen atoms in total. The molecule has 0 aliphatic heterocycles. The van der Waals surface area contributed by atoms with E-state index in [9.17, 15) is 9.90 Å². The molecule has 0 aliphatic rings. The van der Waals surface area contributed by atoms with Crippen LogP contribution in [0.1, 0.15) is 106 Å². The van der Waals surface area contributed by atoms with Gasteiger partial charge in [0.2, 0.25) is 0 Å². The minimum atomic E-state index is -0.794. The van der Waals surface area contributed by atoms with E-state index in [-0.39, 0.29) is 0 Å². The number of aromatic carboxylic acids is 1. The molecule has 0 aliphatic carbocycles. The van der Waals surface area contributed by atoms with Gasteiger partial charge in [-0.2, -0.15) is 0 Å². The molecule has 0 bridgehead atoms. The van der Waals surface area contributed by atoms with Crippen molar-refractivity contribution in [1.29, 1.82) is 0 Å². The van der Waals surface area contributed by atoms with Gasteiger partial charge in [0.1, 0.15) is 0 Å². The number of carbonyl (C=O) groups is 1. The van der Waals surface area contributed by atoms with Crippen LogP contribution in [0, 0.1) is 0 Å². The van der Waals surface area contributed by atoms with Gasteiger partial charge in [-0.1, -0.05) is 89.8 Å². The molecule has 1 unspecified atom stereocenters. The first-order valence-electron chi connectivity index (χ1n) is 9.52. The molecule has 1 atom stereocenters. The third-order valence-electron chi connectivity index (χ3n) is 4.67. The Morgan fingerprint density at radius 2 is 1.48 bits per heavy atom. The molecule has 0 saturated carbocycles. The molecule has 0 radical (unpaired) electrons. The zero-order valence-electron chi connectivity index (χ0n) is 15.0. The third-order valence-corrected chi connectivity index (χ3v) is 4.67. The van der Waals surface area contributed by atoms with Crippen molar-refractivity contribution in [2.24, 2.45) is 0 Å². The highest BCUT2D eigenvalue weighted by Crippen LogP contribution is 2.30. The molecule has 0 saturated heterocycles. The fourth-order valence-corrected chi connectivity index (χ4v) is 3.38. The van der Waals surface area contributed by atoms with Gasteiger partial charge in [0, 0.05) is 0 Å². The SMILES string of the molecule is CCCCCCCCCCC(CCC)c1ccccc1C(=O)O. The third kappa shape index (κ3) is 7.67. The van der Waals surface area contributed by atoms with E-state index < -0.39 is 5.97 Å². The Hall–Kier alpha value is -1.31. The summed E-state index contributed by atoms with van der Waals surface area (Å²) in [5.41, 5.74) is 1.52. The van der Waals surface area contributed by atoms with Crippen molar-refractivity contribution in [1.82, 2.24) is 0 Å². The maximum Gasteiger partial charge on any atom is 0.335 e. The summed E-state index contributed by atoms with van der Waals surface area (Å²) in [6, 6.07) is 7.55. The predicted octanol–water partition coefficient (Wildman–Crippen LogP) is 6.80. The van der Waals surface area contributed by atoms with Gasteiger partial charge >= 0.3 is 5.97 Å². The Morgan fingerprint density at radius 3 is 2.09 bits per heavy atom. The smallest absolute Gasteiger partial charge is 0.335 e. The van der Waals surface area contributed by atoms with Crippen LogP contribution in [-0.2, 0) is 0 Å². The Morgan fingerprint density at radius 1 is 0.870 bits per heavy atom. The van der Waals surface area contributed by atoms with Crippen molar-refractivity contribution in [3.05, 3.63) is 35.4 Å². The Balaban J connectivity index is 2.42. The van der Waals surface area contributed by atoms with Crippen molar-refractivity contribution in [2.75, 3.05) is 0 Å². The highest BCUT2D eigenvalue weighted by molar-refractivity contribution is 5.89. The standard InChI is InChI=1S/C21H34O2/c1-3-5-6-7-8-9-10-11-15-18(14-4-2)19-16-12-13-17-20(19)21(22)23/h12-13,16-18H,3-11,14-15H2,1-2H3,(H,22,23). The summed E-state index contributed by atoms with van der Waals surface area (Å²) in [6.07, 6.45) is 13.9. The summed E-state index contributed by atoms with van der Waals surface area (Å²) in [5, 5.41) is 9.40. The van der Waals surface area contributed by atoms with Crippen LogP contribution in [0.2, 0.25) is 0 Å². The van der Waals surface area contributed by atoms with E-state index in [1.807, 2.05) is 18.2 Å². The number of hydrogen-bond acceptors (Lipinski definition) is 1. The first-order valence-corrected chi connectivity index (χ1v) is 9.52. The summed E-state index contributed by atoms with van der Waals surface area (Å²) in [6.45, 7) is 4.44. The van der Waals surface area contributed by atoms with Gasteiger partial charge in [0.05, 0.1) is 5.56 Å². The summed E-state index contributed by atoms with van der Waals surface area (Å²) in [5.74, 6) is -0.398. The van der Waals surface area contributed by atoms with Crippen molar-refractivity contribution in [3.8, 4) is 0 Å². The fraction of sp³-hybridized carbons (Fsp3) is 0.667. The van der Waals surface area contributed by atoms with E-state index in [0.29, 0.717) is 11.5 Å². The second-order valence-corrected chi connectivity index (χ2v) is 6.64. The lowest BCUT2D eigenvalue weighted by atomic mass is 9.86. The summed E-state index contributed by atoms with van der Waals surface area (Å²) >= 11 is 0. The van der Waals surface area contributed by atoms with E-state index in [1.54, 1.807) is 6.07 Å². The maximum atomic E-state index is 11.4. The monoisotopic (exact) mass is 318 g/mol. The van der Waals surface area contributed by atoms with Crippen molar-refractivity contribution >= 4 is 5.97 Å². The van der Waals surface area contributed by atoms with Gasteiger partial charge in [-0.15, -0.1) is 0 Å². The summed E-state index contributed by atoms with van der Waals surface area (Å²) in [4.78, 5) is 11.4. The number of carboxylic acid groups (broad SMARTS) is 1. The lowest BCUT2D eigenvalue weighted by molar-refractivity contribution is 0.0695. The second-order valence-electron chi connectivity index (χ2n) is 6.64. The molecular formula is C21H34O2. The van der Waals surface area contributed by atoms with Gasteiger partial charge in [-0.05, 0) is 30.4 Å². The van der Waals surface area contributed by atoms with E-state index in [0.717, 1.165) is 24.8 Å². The molecule has 1 aromatic carbocycles. The predicted molar refractivity (Wildman–Crippen MR) is 98.3 cm³/mol. The van der Waals surface area contributed by atoms with E-state index in [2.05, 4.69) is 13.8 Å². The Bertz CT molecular complexity index is 439. The van der Waals surface area contributed by atoms with Crippen LogP contribution in [0.5, 0.6) is 0 Å². The molecule has 0 spiro atoms. The average Bonchev–Trinajstić information content (AvgIpc) is 2.56. The molecule has 2 heteroatoms. The van der Waals surface area contributed by atoms with Gasteiger partial charge < -0.3 is 5.11 Å². The summed E-state index contributed by atoms with van der Waals surface area (Å²) in [7, 11) is 0. The molecule has 0 aromatic heterocycles. The average molecular weight is 319 g/mol. The van der Waals surface area contributed by atoms with Crippen LogP contribution in [0.3, 0.4) is 0 Å². The van der Waals surface area contributed by atoms with Gasteiger partial charge in [0.25, 0.3) is 0 Å². The van der Waals surface area contributed by atoms with Crippen molar-refractivity contribution < 1.29 is 9.90 Å². The minimum Gasteiger partial charge on any atom is -0.478 e. The van der Waals surface area contributed by atoms with Crippen molar-refractivity contribution in [3.63, 3.8) is 0 Å². The van der Waals surface area contributed by atoms with Gasteiger partial charge in [-0.25, -0.2) is 4.79 Å². The molecule has 0 amide bonds.